The van der Waals surface area contributed by atoms with Gasteiger partial charge < -0.3 is 15.5 Å². The monoisotopic (exact) mass is 627 g/mol. The average molecular weight is 628 g/mol. The molecule has 3 aromatic rings. The first kappa shape index (κ1) is 31.8. The molecule has 2 aromatic carbocycles. The number of amides is 1. The van der Waals surface area contributed by atoms with E-state index in [4.69, 9.17) is 0 Å². The number of hydrogen-bond acceptors (Lipinski definition) is 5. The zero-order chi connectivity index (χ0) is 32.4. The molecule has 1 amide bonds. The smallest absolute Gasteiger partial charge is 0.355 e. The molecular weight excluding hydrogens is 587 g/mol. The third-order valence-corrected chi connectivity index (χ3v) is 9.12. The second-order valence-corrected chi connectivity index (χ2v) is 12.8. The molecule has 240 valence electrons. The Bertz CT molecular complexity index is 1720. The molecule has 1 saturated heterocycles. The van der Waals surface area contributed by atoms with Gasteiger partial charge in [-0.05, 0) is 105 Å². The van der Waals surface area contributed by atoms with Gasteiger partial charge in [0.2, 0.25) is 5.91 Å². The van der Waals surface area contributed by atoms with E-state index in [1.54, 1.807) is 18.3 Å². The number of pyridine rings is 1. The molecule has 3 aliphatic rings. The minimum atomic E-state index is -4.45. The molecule has 2 saturated carbocycles. The van der Waals surface area contributed by atoms with Gasteiger partial charge in [-0.1, -0.05) is 30.0 Å². The SMILES string of the molecule is Cc1ccc(C(Nc2ccc(CN3CCN(C)CC3)c(C(F)(F)F)c2)=C2CCC2)cc1C#Cc1cnc(NC(=O)C2CC2)c(C)c1. The normalized spacial score (nSPS) is 17.1. The maximum absolute atomic E-state index is 14.3. The number of aryl methyl sites for hydroxylation is 2. The summed E-state index contributed by atoms with van der Waals surface area (Å²) < 4.78 is 42.9. The third-order valence-electron chi connectivity index (χ3n) is 9.12. The average Bonchev–Trinajstić information content (AvgIpc) is 3.84. The van der Waals surface area contributed by atoms with Crippen molar-refractivity contribution >= 4 is 23.1 Å². The van der Waals surface area contributed by atoms with Crippen LogP contribution in [-0.2, 0) is 17.5 Å². The van der Waals surface area contributed by atoms with Gasteiger partial charge >= 0.3 is 6.18 Å². The number of nitrogens with one attached hydrogen (secondary N) is 2. The van der Waals surface area contributed by atoms with E-state index in [2.05, 4.69) is 37.3 Å². The fourth-order valence-electron chi connectivity index (χ4n) is 5.81. The number of anilines is 2. The number of aromatic nitrogens is 1. The largest absolute Gasteiger partial charge is 0.416 e. The number of allylic oxidation sites excluding steroid dienone is 1. The first-order valence-electron chi connectivity index (χ1n) is 16.0. The molecule has 2 heterocycles. The van der Waals surface area contributed by atoms with Crippen molar-refractivity contribution in [3.8, 4) is 11.8 Å². The Morgan fingerprint density at radius 3 is 2.37 bits per heavy atom. The van der Waals surface area contributed by atoms with Crippen molar-refractivity contribution in [3.05, 3.63) is 93.2 Å². The number of alkyl halides is 3. The van der Waals surface area contributed by atoms with Crippen molar-refractivity contribution < 1.29 is 18.0 Å². The second kappa shape index (κ2) is 13.3. The predicted octanol–water partition coefficient (Wildman–Crippen LogP) is 7.22. The maximum atomic E-state index is 14.3. The van der Waals surface area contributed by atoms with Crippen molar-refractivity contribution in [3.63, 3.8) is 0 Å². The summed E-state index contributed by atoms with van der Waals surface area (Å²) in [4.78, 5) is 20.9. The molecule has 6 nitrogen and oxygen atoms in total. The van der Waals surface area contributed by atoms with Crippen molar-refractivity contribution in [2.75, 3.05) is 43.9 Å². The Hall–Kier alpha value is -4.13. The van der Waals surface area contributed by atoms with Crippen LogP contribution in [0.2, 0.25) is 0 Å². The van der Waals surface area contributed by atoms with Crippen LogP contribution in [0.15, 0.2) is 54.2 Å². The highest BCUT2D eigenvalue weighted by atomic mass is 19.4. The molecule has 6 rings (SSSR count). The van der Waals surface area contributed by atoms with E-state index in [1.165, 1.54) is 11.6 Å². The zero-order valence-corrected chi connectivity index (χ0v) is 26.7. The van der Waals surface area contributed by atoms with Crippen LogP contribution >= 0.6 is 0 Å². The van der Waals surface area contributed by atoms with Crippen LogP contribution in [0.5, 0.6) is 0 Å². The maximum Gasteiger partial charge on any atom is 0.416 e. The first-order valence-corrected chi connectivity index (χ1v) is 16.0. The van der Waals surface area contributed by atoms with E-state index in [0.29, 0.717) is 17.1 Å². The molecule has 2 aliphatic carbocycles. The fraction of sp³-hybridized carbons (Fsp3) is 0.405. The number of halogens is 3. The van der Waals surface area contributed by atoms with Gasteiger partial charge in [0.05, 0.1) is 5.56 Å². The third kappa shape index (κ3) is 7.63. The summed E-state index contributed by atoms with van der Waals surface area (Å²) in [7, 11) is 2.03. The van der Waals surface area contributed by atoms with Gasteiger partial charge in [-0.15, -0.1) is 0 Å². The molecule has 3 fully saturated rings. The molecular formula is C37H40F3N5O. The van der Waals surface area contributed by atoms with Gasteiger partial charge in [0.15, 0.2) is 0 Å². The number of benzene rings is 2. The van der Waals surface area contributed by atoms with Crippen LogP contribution in [0.25, 0.3) is 5.70 Å². The number of nitrogens with zero attached hydrogens (tertiary/aromatic N) is 3. The Labute approximate surface area is 269 Å². The van der Waals surface area contributed by atoms with Crippen LogP contribution in [0.4, 0.5) is 24.7 Å². The molecule has 46 heavy (non-hydrogen) atoms. The van der Waals surface area contributed by atoms with E-state index in [9.17, 15) is 18.0 Å². The Morgan fingerprint density at radius 2 is 1.72 bits per heavy atom. The quantitative estimate of drug-likeness (QED) is 0.271. The number of carbonyl (C=O) groups is 1. The number of piperazine rings is 1. The second-order valence-electron chi connectivity index (χ2n) is 12.8. The van der Waals surface area contributed by atoms with E-state index in [0.717, 1.165) is 91.8 Å². The standard InChI is InChI=1S/C37H40F3N5O/c1-24-7-9-30(20-29(24)10-8-26-19-25(2)35(41-22-26)43-36(46)28-11-12-28)34(27-5-4-6-27)42-32-14-13-31(33(21-32)37(38,39)40)23-45-17-15-44(3)16-18-45/h7,9,13-14,19-22,28,42H,4-6,11-12,15-18,23H2,1-3H3,(H,41,43,46). The Morgan fingerprint density at radius 1 is 0.957 bits per heavy atom. The van der Waals surface area contributed by atoms with Crippen LogP contribution in [0.1, 0.15) is 71.0 Å². The summed E-state index contributed by atoms with van der Waals surface area (Å²) in [5, 5.41) is 6.28. The summed E-state index contributed by atoms with van der Waals surface area (Å²) in [5.74, 6) is 7.15. The van der Waals surface area contributed by atoms with E-state index in [-0.39, 0.29) is 18.4 Å². The summed E-state index contributed by atoms with van der Waals surface area (Å²) in [6.45, 7) is 7.38. The van der Waals surface area contributed by atoms with Crippen molar-refractivity contribution in [1.29, 1.82) is 0 Å². The Kier molecular flexibility index (Phi) is 9.21. The van der Waals surface area contributed by atoms with Crippen LogP contribution in [0.3, 0.4) is 0 Å². The van der Waals surface area contributed by atoms with Crippen molar-refractivity contribution in [2.24, 2.45) is 5.92 Å². The highest BCUT2D eigenvalue weighted by Gasteiger charge is 2.34. The molecule has 0 atom stereocenters. The highest BCUT2D eigenvalue weighted by molar-refractivity contribution is 5.93. The predicted molar refractivity (Wildman–Crippen MR) is 176 cm³/mol. The minimum absolute atomic E-state index is 0.0168. The van der Waals surface area contributed by atoms with Gasteiger partial charge in [-0.25, -0.2) is 4.98 Å². The lowest BCUT2D eigenvalue weighted by molar-refractivity contribution is -0.138. The lowest BCUT2D eigenvalue weighted by Gasteiger charge is -2.33. The summed E-state index contributed by atoms with van der Waals surface area (Å²) in [5.41, 5.74) is 6.49. The van der Waals surface area contributed by atoms with E-state index in [1.807, 2.05) is 45.2 Å². The van der Waals surface area contributed by atoms with Crippen molar-refractivity contribution in [2.45, 2.75) is 58.7 Å². The summed E-state index contributed by atoms with van der Waals surface area (Å²) in [6.07, 6.45) is 1.93. The number of hydrogen-bond donors (Lipinski definition) is 2. The molecule has 1 aliphatic heterocycles. The molecule has 2 N–H and O–H groups in total. The van der Waals surface area contributed by atoms with Gasteiger partial charge in [0.1, 0.15) is 5.82 Å². The van der Waals surface area contributed by atoms with Gasteiger partial charge in [0.25, 0.3) is 0 Å². The highest BCUT2D eigenvalue weighted by Crippen LogP contribution is 2.38. The lowest BCUT2D eigenvalue weighted by atomic mass is 9.87. The summed E-state index contributed by atoms with van der Waals surface area (Å²) in [6, 6.07) is 12.6. The zero-order valence-electron chi connectivity index (χ0n) is 26.7. The van der Waals surface area contributed by atoms with Gasteiger partial charge in [0, 0.05) is 67.3 Å². The van der Waals surface area contributed by atoms with Crippen molar-refractivity contribution in [1.82, 2.24) is 14.8 Å². The molecule has 0 unspecified atom stereocenters. The van der Waals surface area contributed by atoms with Crippen LogP contribution in [-0.4, -0.2) is 53.9 Å². The van der Waals surface area contributed by atoms with Gasteiger partial charge in [-0.3, -0.25) is 9.69 Å². The number of rotatable bonds is 7. The number of likely N-dealkylation sites (N-methyl/N-ethyl adjacent to an activating group) is 1. The lowest BCUT2D eigenvalue weighted by Crippen LogP contribution is -2.44. The molecule has 1 aromatic heterocycles. The number of carbonyl (C=O) groups excluding carboxylic acids is 1. The first-order chi connectivity index (χ1) is 22.0. The van der Waals surface area contributed by atoms with Crippen LogP contribution < -0.4 is 10.6 Å². The molecule has 0 radical (unpaired) electrons. The minimum Gasteiger partial charge on any atom is -0.355 e. The van der Waals surface area contributed by atoms with E-state index >= 15 is 0 Å². The van der Waals surface area contributed by atoms with Gasteiger partial charge in [-0.2, -0.15) is 13.2 Å². The summed E-state index contributed by atoms with van der Waals surface area (Å²) >= 11 is 0. The topological polar surface area (TPSA) is 60.5 Å². The molecule has 0 bridgehead atoms. The van der Waals surface area contributed by atoms with Crippen LogP contribution in [0, 0.1) is 31.6 Å². The Balaban J connectivity index is 1.23. The molecule has 9 heteroatoms. The van der Waals surface area contributed by atoms with E-state index < -0.39 is 11.7 Å². The molecule has 0 spiro atoms. The fourth-order valence-corrected chi connectivity index (χ4v) is 5.81.